The summed E-state index contributed by atoms with van der Waals surface area (Å²) in [4.78, 5) is 13.7. The number of nitrogens with one attached hydrogen (secondary N) is 1. The van der Waals surface area contributed by atoms with E-state index in [1.165, 1.54) is 16.8 Å². The number of nitrogens with zero attached hydrogens (tertiary/aromatic N) is 6. The highest BCUT2D eigenvalue weighted by molar-refractivity contribution is 5.80. The molecule has 1 aliphatic rings. The van der Waals surface area contributed by atoms with E-state index in [1.54, 1.807) is 19.8 Å². The number of piperazine rings is 1. The average molecular weight is 434 g/mol. The van der Waals surface area contributed by atoms with Crippen molar-refractivity contribution in [3.05, 3.63) is 72.3 Å². The second kappa shape index (κ2) is 10.7. The van der Waals surface area contributed by atoms with E-state index < -0.39 is 0 Å². The van der Waals surface area contributed by atoms with E-state index in [0.717, 1.165) is 44.4 Å². The number of anilines is 1. The van der Waals surface area contributed by atoms with Gasteiger partial charge in [0.15, 0.2) is 5.96 Å². The largest absolute Gasteiger partial charge is 0.497 e. The Labute approximate surface area is 189 Å². The number of aliphatic imine (C=N–C) groups is 1. The number of guanidine groups is 1. The first-order valence-electron chi connectivity index (χ1n) is 11.1. The third-order valence-electron chi connectivity index (χ3n) is 5.55. The fourth-order valence-corrected chi connectivity index (χ4v) is 3.90. The molecule has 2 aromatic carbocycles. The lowest BCUT2D eigenvalue weighted by atomic mass is 10.1. The number of hydrogen-bond donors (Lipinski definition) is 1. The lowest BCUT2D eigenvalue weighted by molar-refractivity contribution is 0.372. The van der Waals surface area contributed by atoms with E-state index in [1.807, 2.05) is 16.8 Å². The highest BCUT2D eigenvalue weighted by atomic mass is 16.5. The van der Waals surface area contributed by atoms with Gasteiger partial charge in [-0.3, -0.25) is 0 Å². The Morgan fingerprint density at radius 2 is 1.88 bits per heavy atom. The van der Waals surface area contributed by atoms with Crippen LogP contribution in [0.25, 0.3) is 0 Å². The van der Waals surface area contributed by atoms with Crippen molar-refractivity contribution in [3.63, 3.8) is 0 Å². The molecule has 0 saturated carbocycles. The van der Waals surface area contributed by atoms with Crippen molar-refractivity contribution in [1.29, 1.82) is 0 Å². The second-order valence-electron chi connectivity index (χ2n) is 7.76. The highest BCUT2D eigenvalue weighted by Crippen LogP contribution is 2.22. The molecule has 0 spiro atoms. The van der Waals surface area contributed by atoms with Gasteiger partial charge >= 0.3 is 0 Å². The molecule has 1 aliphatic heterocycles. The Balaban J connectivity index is 1.38. The van der Waals surface area contributed by atoms with Crippen molar-refractivity contribution in [2.75, 3.05) is 44.7 Å². The molecule has 32 heavy (non-hydrogen) atoms. The van der Waals surface area contributed by atoms with Crippen LogP contribution in [0.15, 0.2) is 66.2 Å². The molecule has 0 atom stereocenters. The minimum absolute atomic E-state index is 0.642. The fraction of sp³-hybridized carbons (Fsp3) is 0.375. The van der Waals surface area contributed by atoms with E-state index >= 15 is 0 Å². The normalized spacial score (nSPS) is 14.5. The van der Waals surface area contributed by atoms with Gasteiger partial charge in [-0.25, -0.2) is 14.7 Å². The van der Waals surface area contributed by atoms with Gasteiger partial charge in [0.1, 0.15) is 18.4 Å². The van der Waals surface area contributed by atoms with Crippen molar-refractivity contribution in [1.82, 2.24) is 25.0 Å². The van der Waals surface area contributed by atoms with Crippen LogP contribution >= 0.6 is 0 Å². The molecule has 0 unspecified atom stereocenters. The molecule has 3 aromatic rings. The van der Waals surface area contributed by atoms with Gasteiger partial charge in [-0.05, 0) is 30.2 Å². The van der Waals surface area contributed by atoms with Crippen LogP contribution in [0.5, 0.6) is 5.75 Å². The maximum Gasteiger partial charge on any atom is 0.194 e. The summed E-state index contributed by atoms with van der Waals surface area (Å²) >= 11 is 0. The zero-order chi connectivity index (χ0) is 22.2. The van der Waals surface area contributed by atoms with E-state index in [-0.39, 0.29) is 0 Å². The third kappa shape index (κ3) is 5.57. The summed E-state index contributed by atoms with van der Waals surface area (Å²) in [6.07, 6.45) is 3.30. The van der Waals surface area contributed by atoms with Crippen LogP contribution < -0.4 is 15.0 Å². The molecule has 0 aliphatic carbocycles. The van der Waals surface area contributed by atoms with Crippen LogP contribution in [-0.4, -0.2) is 65.5 Å². The molecule has 2 heterocycles. The van der Waals surface area contributed by atoms with Gasteiger partial charge in [-0.1, -0.05) is 30.3 Å². The quantitative estimate of drug-likeness (QED) is 0.456. The minimum Gasteiger partial charge on any atom is -0.497 e. The third-order valence-corrected chi connectivity index (χ3v) is 5.55. The topological polar surface area (TPSA) is 70.8 Å². The number of aromatic nitrogens is 3. The summed E-state index contributed by atoms with van der Waals surface area (Å²) in [7, 11) is 1.71. The fourth-order valence-electron chi connectivity index (χ4n) is 3.90. The molecular weight excluding hydrogens is 402 g/mol. The van der Waals surface area contributed by atoms with Crippen LogP contribution in [0.3, 0.4) is 0 Å². The minimum atomic E-state index is 0.642. The number of hydrogen-bond acceptors (Lipinski definition) is 5. The van der Waals surface area contributed by atoms with Crippen LogP contribution in [0.1, 0.15) is 18.1 Å². The molecular formula is C24H31N7O. The average Bonchev–Trinajstić information content (AvgIpc) is 3.35. The number of methoxy groups -OCH3 is 1. The van der Waals surface area contributed by atoms with Crippen molar-refractivity contribution in [3.8, 4) is 5.75 Å². The Morgan fingerprint density at radius 3 is 2.62 bits per heavy atom. The number of benzene rings is 2. The molecule has 8 heteroatoms. The summed E-state index contributed by atoms with van der Waals surface area (Å²) < 4.78 is 7.20. The van der Waals surface area contributed by atoms with E-state index in [4.69, 9.17) is 9.73 Å². The summed E-state index contributed by atoms with van der Waals surface area (Å²) in [5, 5.41) is 7.65. The number of rotatable bonds is 7. The van der Waals surface area contributed by atoms with E-state index in [0.29, 0.717) is 13.1 Å². The van der Waals surface area contributed by atoms with Gasteiger partial charge in [-0.2, -0.15) is 5.10 Å². The number of ether oxygens (including phenoxy) is 1. The van der Waals surface area contributed by atoms with Crippen molar-refractivity contribution in [2.24, 2.45) is 4.99 Å². The first-order valence-corrected chi connectivity index (χ1v) is 11.1. The molecule has 1 fully saturated rings. The molecule has 1 aromatic heterocycles. The van der Waals surface area contributed by atoms with Gasteiger partial charge in [0.05, 0.1) is 20.2 Å². The van der Waals surface area contributed by atoms with Gasteiger partial charge in [0.25, 0.3) is 0 Å². The van der Waals surface area contributed by atoms with Crippen LogP contribution in [-0.2, 0) is 13.1 Å². The first-order chi connectivity index (χ1) is 15.7. The van der Waals surface area contributed by atoms with Gasteiger partial charge in [-0.15, -0.1) is 0 Å². The summed E-state index contributed by atoms with van der Waals surface area (Å²) in [6.45, 7) is 8.07. The molecule has 0 radical (unpaired) electrons. The molecule has 1 N–H and O–H groups in total. The zero-order valence-electron chi connectivity index (χ0n) is 18.8. The summed E-state index contributed by atoms with van der Waals surface area (Å²) in [6, 6.07) is 16.8. The van der Waals surface area contributed by atoms with Gasteiger partial charge in [0.2, 0.25) is 0 Å². The van der Waals surface area contributed by atoms with E-state index in [2.05, 4.69) is 68.5 Å². The molecule has 8 nitrogen and oxygen atoms in total. The standard InChI is InChI=1S/C24H31N7O/c1-3-26-24(27-16-20-6-4-7-21(14-20)17-31-19-25-18-28-31)30-12-10-29(11-13-30)22-8-5-9-23(15-22)32-2/h4-9,14-15,18-19H,3,10-13,16-17H2,1-2H3,(H,26,27). The van der Waals surface area contributed by atoms with E-state index in [9.17, 15) is 0 Å². The zero-order valence-corrected chi connectivity index (χ0v) is 18.8. The maximum atomic E-state index is 5.37. The Kier molecular flexibility index (Phi) is 7.22. The van der Waals surface area contributed by atoms with Gasteiger partial charge < -0.3 is 19.9 Å². The second-order valence-corrected chi connectivity index (χ2v) is 7.76. The Morgan fingerprint density at radius 1 is 1.06 bits per heavy atom. The Hall–Kier alpha value is -3.55. The predicted octanol–water partition coefficient (Wildman–Crippen LogP) is 2.62. The summed E-state index contributed by atoms with van der Waals surface area (Å²) in [5.74, 6) is 1.87. The monoisotopic (exact) mass is 433 g/mol. The molecule has 168 valence electrons. The lowest BCUT2D eigenvalue weighted by Gasteiger charge is -2.37. The van der Waals surface area contributed by atoms with Crippen molar-refractivity contribution in [2.45, 2.75) is 20.0 Å². The van der Waals surface area contributed by atoms with Gasteiger partial charge in [0, 0.05) is 44.5 Å². The highest BCUT2D eigenvalue weighted by Gasteiger charge is 2.20. The molecule has 0 bridgehead atoms. The van der Waals surface area contributed by atoms with Crippen LogP contribution in [0.2, 0.25) is 0 Å². The molecule has 1 saturated heterocycles. The maximum absolute atomic E-state index is 5.37. The molecule has 0 amide bonds. The molecule has 4 rings (SSSR count). The SMILES string of the molecule is CCNC(=NCc1cccc(Cn2cncn2)c1)N1CCN(c2cccc(OC)c2)CC1. The van der Waals surface area contributed by atoms with Crippen molar-refractivity contribution >= 4 is 11.6 Å². The Bertz CT molecular complexity index is 1010. The van der Waals surface area contributed by atoms with Crippen LogP contribution in [0, 0.1) is 0 Å². The summed E-state index contributed by atoms with van der Waals surface area (Å²) in [5.41, 5.74) is 3.59. The smallest absolute Gasteiger partial charge is 0.194 e. The predicted molar refractivity (Wildman–Crippen MR) is 127 cm³/mol. The lowest BCUT2D eigenvalue weighted by Crippen LogP contribution is -2.52. The first kappa shape index (κ1) is 21.7. The van der Waals surface area contributed by atoms with Crippen LogP contribution in [0.4, 0.5) is 5.69 Å². The van der Waals surface area contributed by atoms with Crippen molar-refractivity contribution < 1.29 is 4.74 Å².